The molecule has 1 aromatic rings. The maximum absolute atomic E-state index is 12.9. The molecule has 0 unspecified atom stereocenters. The molecular weight excluding hydrogens is 199 g/mol. The van der Waals surface area contributed by atoms with Crippen LogP contribution in [0.25, 0.3) is 0 Å². The van der Waals surface area contributed by atoms with Crippen LogP contribution in [-0.4, -0.2) is 31.5 Å². The van der Waals surface area contributed by atoms with Crippen molar-refractivity contribution >= 4 is 0 Å². The third-order valence-electron chi connectivity index (χ3n) is 1.93. The summed E-state index contributed by atoms with van der Waals surface area (Å²) in [6.07, 6.45) is -0.666. The SMILES string of the molecule is COC[C@H](O)COc1ccc(F)c(C)c1. The maximum atomic E-state index is 12.9. The van der Waals surface area contributed by atoms with Crippen molar-refractivity contribution < 1.29 is 19.0 Å². The second kappa shape index (κ2) is 5.68. The van der Waals surface area contributed by atoms with Gasteiger partial charge in [-0.1, -0.05) is 0 Å². The van der Waals surface area contributed by atoms with Gasteiger partial charge in [0.2, 0.25) is 0 Å². The first-order valence-corrected chi connectivity index (χ1v) is 4.69. The molecule has 0 aliphatic rings. The first-order chi connectivity index (χ1) is 7.13. The number of hydrogen-bond donors (Lipinski definition) is 1. The second-order valence-electron chi connectivity index (χ2n) is 3.33. The Morgan fingerprint density at radius 2 is 2.13 bits per heavy atom. The first-order valence-electron chi connectivity index (χ1n) is 4.69. The lowest BCUT2D eigenvalue weighted by Gasteiger charge is -2.11. The lowest BCUT2D eigenvalue weighted by molar-refractivity contribution is 0.0325. The highest BCUT2D eigenvalue weighted by Gasteiger charge is 2.05. The van der Waals surface area contributed by atoms with Gasteiger partial charge in [0.1, 0.15) is 24.3 Å². The molecule has 1 N–H and O–H groups in total. The van der Waals surface area contributed by atoms with Crippen LogP contribution in [0.4, 0.5) is 4.39 Å². The molecule has 0 spiro atoms. The van der Waals surface area contributed by atoms with Gasteiger partial charge in [0.15, 0.2) is 0 Å². The van der Waals surface area contributed by atoms with Gasteiger partial charge in [-0.15, -0.1) is 0 Å². The molecule has 0 fully saturated rings. The monoisotopic (exact) mass is 214 g/mol. The summed E-state index contributed by atoms with van der Waals surface area (Å²) < 4.78 is 22.9. The number of aryl methyl sites for hydroxylation is 1. The largest absolute Gasteiger partial charge is 0.491 e. The van der Waals surface area contributed by atoms with E-state index in [1.807, 2.05) is 0 Å². The van der Waals surface area contributed by atoms with E-state index in [9.17, 15) is 9.50 Å². The van der Waals surface area contributed by atoms with E-state index in [0.29, 0.717) is 11.3 Å². The van der Waals surface area contributed by atoms with Crippen molar-refractivity contribution in [3.63, 3.8) is 0 Å². The van der Waals surface area contributed by atoms with E-state index in [1.165, 1.54) is 19.2 Å². The maximum Gasteiger partial charge on any atom is 0.126 e. The Morgan fingerprint density at radius 1 is 1.40 bits per heavy atom. The van der Waals surface area contributed by atoms with E-state index in [2.05, 4.69) is 0 Å². The summed E-state index contributed by atoms with van der Waals surface area (Å²) >= 11 is 0. The number of rotatable bonds is 5. The fraction of sp³-hybridized carbons (Fsp3) is 0.455. The summed E-state index contributed by atoms with van der Waals surface area (Å²) in [4.78, 5) is 0. The van der Waals surface area contributed by atoms with Crippen molar-refractivity contribution in [3.8, 4) is 5.75 Å². The molecule has 0 saturated heterocycles. The van der Waals surface area contributed by atoms with E-state index >= 15 is 0 Å². The van der Waals surface area contributed by atoms with Gasteiger partial charge in [0.05, 0.1) is 6.61 Å². The van der Waals surface area contributed by atoms with Gasteiger partial charge >= 0.3 is 0 Å². The molecule has 4 heteroatoms. The van der Waals surface area contributed by atoms with Crippen molar-refractivity contribution in [1.82, 2.24) is 0 Å². The zero-order chi connectivity index (χ0) is 11.3. The predicted octanol–water partition coefficient (Wildman–Crippen LogP) is 1.52. The fourth-order valence-electron chi connectivity index (χ4n) is 1.14. The first kappa shape index (κ1) is 11.9. The average Bonchev–Trinajstić information content (AvgIpc) is 2.20. The summed E-state index contributed by atoms with van der Waals surface area (Å²) in [5.74, 6) is 0.281. The summed E-state index contributed by atoms with van der Waals surface area (Å²) in [6.45, 7) is 2.02. The summed E-state index contributed by atoms with van der Waals surface area (Å²) in [6, 6.07) is 4.46. The Kier molecular flexibility index (Phi) is 4.52. The minimum atomic E-state index is -0.666. The van der Waals surface area contributed by atoms with Crippen molar-refractivity contribution in [2.24, 2.45) is 0 Å². The molecular formula is C11H15FO3. The van der Waals surface area contributed by atoms with Crippen LogP contribution < -0.4 is 4.74 Å². The van der Waals surface area contributed by atoms with Crippen molar-refractivity contribution in [3.05, 3.63) is 29.6 Å². The third-order valence-corrected chi connectivity index (χ3v) is 1.93. The van der Waals surface area contributed by atoms with Crippen LogP contribution in [0.3, 0.4) is 0 Å². The number of benzene rings is 1. The van der Waals surface area contributed by atoms with E-state index < -0.39 is 6.10 Å². The summed E-state index contributed by atoms with van der Waals surface area (Å²) in [5.41, 5.74) is 0.522. The fourth-order valence-corrected chi connectivity index (χ4v) is 1.14. The van der Waals surface area contributed by atoms with E-state index in [-0.39, 0.29) is 19.0 Å². The third kappa shape index (κ3) is 3.85. The number of aliphatic hydroxyl groups excluding tert-OH is 1. The van der Waals surface area contributed by atoms with Crippen LogP contribution in [-0.2, 0) is 4.74 Å². The molecule has 1 atom stereocenters. The van der Waals surface area contributed by atoms with E-state index in [4.69, 9.17) is 9.47 Å². The number of halogens is 1. The zero-order valence-corrected chi connectivity index (χ0v) is 8.87. The smallest absolute Gasteiger partial charge is 0.126 e. The molecule has 0 aromatic heterocycles. The standard InChI is InChI=1S/C11H15FO3/c1-8-5-10(3-4-11(8)12)15-7-9(13)6-14-2/h3-5,9,13H,6-7H2,1-2H3/t9-/m0/s1. The molecule has 0 heterocycles. The quantitative estimate of drug-likeness (QED) is 0.807. The average molecular weight is 214 g/mol. The van der Waals surface area contributed by atoms with E-state index in [1.54, 1.807) is 13.0 Å². The summed E-state index contributed by atoms with van der Waals surface area (Å²) in [5, 5.41) is 9.31. The molecule has 0 aliphatic carbocycles. The van der Waals surface area contributed by atoms with Crippen molar-refractivity contribution in [1.29, 1.82) is 0 Å². The van der Waals surface area contributed by atoms with Gasteiger partial charge in [-0.25, -0.2) is 4.39 Å². The van der Waals surface area contributed by atoms with E-state index in [0.717, 1.165) is 0 Å². The lowest BCUT2D eigenvalue weighted by Crippen LogP contribution is -2.22. The Hall–Kier alpha value is -1.13. The highest BCUT2D eigenvalue weighted by molar-refractivity contribution is 5.28. The Labute approximate surface area is 88.4 Å². The van der Waals surface area contributed by atoms with Crippen LogP contribution in [0.2, 0.25) is 0 Å². The molecule has 0 aliphatic heterocycles. The molecule has 3 nitrogen and oxygen atoms in total. The highest BCUT2D eigenvalue weighted by atomic mass is 19.1. The number of aliphatic hydroxyl groups is 1. The van der Waals surface area contributed by atoms with Crippen molar-refractivity contribution in [2.75, 3.05) is 20.3 Å². The van der Waals surface area contributed by atoms with Gasteiger partial charge in [0.25, 0.3) is 0 Å². The van der Waals surface area contributed by atoms with Crippen LogP contribution in [0, 0.1) is 12.7 Å². The summed E-state index contributed by atoms with van der Waals surface area (Å²) in [7, 11) is 1.51. The molecule has 0 radical (unpaired) electrons. The molecule has 1 rings (SSSR count). The topological polar surface area (TPSA) is 38.7 Å². The predicted molar refractivity (Wildman–Crippen MR) is 54.5 cm³/mol. The molecule has 1 aromatic carbocycles. The normalized spacial score (nSPS) is 12.5. The number of hydrogen-bond acceptors (Lipinski definition) is 3. The van der Waals surface area contributed by atoms with Gasteiger partial charge in [0, 0.05) is 7.11 Å². The highest BCUT2D eigenvalue weighted by Crippen LogP contribution is 2.15. The van der Waals surface area contributed by atoms with Gasteiger partial charge in [-0.05, 0) is 30.7 Å². The minimum Gasteiger partial charge on any atom is -0.491 e. The van der Waals surface area contributed by atoms with Gasteiger partial charge < -0.3 is 14.6 Å². The molecule has 0 saturated carbocycles. The Balaban J connectivity index is 2.47. The van der Waals surface area contributed by atoms with Crippen LogP contribution in [0.5, 0.6) is 5.75 Å². The molecule has 84 valence electrons. The van der Waals surface area contributed by atoms with Gasteiger partial charge in [-0.2, -0.15) is 0 Å². The number of ether oxygens (including phenoxy) is 2. The van der Waals surface area contributed by atoms with Crippen LogP contribution in [0.15, 0.2) is 18.2 Å². The number of methoxy groups -OCH3 is 1. The van der Waals surface area contributed by atoms with Gasteiger partial charge in [-0.3, -0.25) is 0 Å². The molecule has 0 bridgehead atoms. The Bertz CT molecular complexity index is 315. The van der Waals surface area contributed by atoms with Crippen LogP contribution in [0.1, 0.15) is 5.56 Å². The van der Waals surface area contributed by atoms with Crippen molar-refractivity contribution in [2.45, 2.75) is 13.0 Å². The molecule has 0 amide bonds. The Morgan fingerprint density at radius 3 is 2.73 bits per heavy atom. The van der Waals surface area contributed by atoms with Crippen LogP contribution >= 0.6 is 0 Å². The molecule has 15 heavy (non-hydrogen) atoms. The lowest BCUT2D eigenvalue weighted by atomic mass is 10.2. The zero-order valence-electron chi connectivity index (χ0n) is 8.87. The second-order valence-corrected chi connectivity index (χ2v) is 3.33. The minimum absolute atomic E-state index is 0.138.